The quantitative estimate of drug-likeness (QED) is 0.378. The van der Waals surface area contributed by atoms with Crippen molar-refractivity contribution < 1.29 is 14.5 Å². The first kappa shape index (κ1) is 18.3. The average Bonchev–Trinajstić information content (AvgIpc) is 2.69. The van der Waals surface area contributed by atoms with Crippen LogP contribution in [0.2, 0.25) is 0 Å². The van der Waals surface area contributed by atoms with Gasteiger partial charge in [-0.3, -0.25) is 19.7 Å². The van der Waals surface area contributed by atoms with Crippen molar-refractivity contribution in [1.29, 1.82) is 0 Å². The number of carbonyl (C=O) groups excluding carboxylic acids is 1. The number of ether oxygens (including phenoxy) is 1. The molecule has 0 atom stereocenters. The minimum atomic E-state index is -0.459. The van der Waals surface area contributed by atoms with Gasteiger partial charge in [-0.25, -0.2) is 0 Å². The van der Waals surface area contributed by atoms with Gasteiger partial charge in [0.25, 0.3) is 11.2 Å². The molecule has 0 radical (unpaired) electrons. The number of pyridine rings is 1. The maximum absolute atomic E-state index is 12.7. The molecule has 2 aromatic carbocycles. The number of aromatic nitrogens is 1. The van der Waals surface area contributed by atoms with Gasteiger partial charge in [0.1, 0.15) is 0 Å². The zero-order valence-corrected chi connectivity index (χ0v) is 14.8. The third-order valence-corrected chi connectivity index (χ3v) is 4.38. The van der Waals surface area contributed by atoms with Crippen LogP contribution in [-0.2, 0) is 16.1 Å². The van der Waals surface area contributed by atoms with E-state index in [4.69, 9.17) is 0 Å². The Morgan fingerprint density at radius 3 is 2.67 bits per heavy atom. The molecule has 0 aliphatic heterocycles. The van der Waals surface area contributed by atoms with Gasteiger partial charge < -0.3 is 9.30 Å². The molecule has 1 aromatic heterocycles. The van der Waals surface area contributed by atoms with E-state index in [1.807, 2.05) is 24.3 Å². The van der Waals surface area contributed by atoms with Gasteiger partial charge in [0.2, 0.25) is 0 Å². The Labute approximate surface area is 155 Å². The van der Waals surface area contributed by atoms with Crippen molar-refractivity contribution in [2.45, 2.75) is 19.4 Å². The van der Waals surface area contributed by atoms with E-state index >= 15 is 0 Å². The number of aryl methyl sites for hydroxylation is 1. The molecule has 0 bridgehead atoms. The van der Waals surface area contributed by atoms with E-state index in [9.17, 15) is 19.7 Å². The van der Waals surface area contributed by atoms with E-state index in [0.29, 0.717) is 24.1 Å². The molecule has 0 amide bonds. The van der Waals surface area contributed by atoms with Crippen LogP contribution in [0, 0.1) is 10.1 Å². The molecule has 7 heteroatoms. The maximum Gasteiger partial charge on any atom is 0.305 e. The normalized spacial score (nSPS) is 10.7. The summed E-state index contributed by atoms with van der Waals surface area (Å²) in [5, 5.41) is 11.9. The fourth-order valence-electron chi connectivity index (χ4n) is 3.07. The van der Waals surface area contributed by atoms with Crippen LogP contribution in [0.4, 0.5) is 5.69 Å². The highest BCUT2D eigenvalue weighted by Crippen LogP contribution is 2.29. The molecule has 0 unspecified atom stereocenters. The molecule has 3 rings (SSSR count). The number of rotatable bonds is 6. The number of nitro benzene ring substituents is 1. The number of hydrogen-bond donors (Lipinski definition) is 0. The molecule has 0 spiro atoms. The predicted molar refractivity (Wildman–Crippen MR) is 102 cm³/mol. The zero-order valence-electron chi connectivity index (χ0n) is 14.8. The van der Waals surface area contributed by atoms with Crippen LogP contribution in [0.3, 0.4) is 0 Å². The summed E-state index contributed by atoms with van der Waals surface area (Å²) in [6, 6.07) is 15.1. The summed E-state index contributed by atoms with van der Waals surface area (Å²) in [7, 11) is 1.33. The second-order valence-electron chi connectivity index (χ2n) is 6.05. The lowest BCUT2D eigenvalue weighted by molar-refractivity contribution is -0.384. The van der Waals surface area contributed by atoms with Crippen molar-refractivity contribution in [3.63, 3.8) is 0 Å². The van der Waals surface area contributed by atoms with Crippen molar-refractivity contribution >= 4 is 22.6 Å². The van der Waals surface area contributed by atoms with E-state index < -0.39 is 4.92 Å². The number of benzene rings is 2. The lowest BCUT2D eigenvalue weighted by atomic mass is 10.0. The number of nitrogens with zero attached hydrogens (tertiary/aromatic N) is 2. The third kappa shape index (κ3) is 3.87. The van der Waals surface area contributed by atoms with Gasteiger partial charge in [-0.05, 0) is 23.6 Å². The van der Waals surface area contributed by atoms with Crippen molar-refractivity contribution in [3.05, 3.63) is 75.1 Å². The molecule has 0 fully saturated rings. The minimum absolute atomic E-state index is 0.0289. The Morgan fingerprint density at radius 1 is 1.15 bits per heavy atom. The van der Waals surface area contributed by atoms with Gasteiger partial charge >= 0.3 is 5.97 Å². The van der Waals surface area contributed by atoms with Crippen LogP contribution < -0.4 is 5.56 Å². The lowest BCUT2D eigenvalue weighted by Gasteiger charge is -2.13. The SMILES string of the molecule is COC(=O)CCCn1c(=O)cc(-c2cccc([N+](=O)[O-])c2)c2ccccc21. The molecule has 0 aliphatic rings. The molecule has 0 N–H and O–H groups in total. The minimum Gasteiger partial charge on any atom is -0.469 e. The van der Waals surface area contributed by atoms with Gasteiger partial charge in [0.05, 0.1) is 17.5 Å². The second-order valence-corrected chi connectivity index (χ2v) is 6.05. The van der Waals surface area contributed by atoms with E-state index in [1.54, 1.807) is 16.7 Å². The van der Waals surface area contributed by atoms with Crippen molar-refractivity contribution in [2.75, 3.05) is 7.11 Å². The highest BCUT2D eigenvalue weighted by molar-refractivity contribution is 5.94. The molecule has 138 valence electrons. The topological polar surface area (TPSA) is 91.4 Å². The molecule has 0 saturated carbocycles. The fraction of sp³-hybridized carbons (Fsp3) is 0.200. The van der Waals surface area contributed by atoms with E-state index in [1.165, 1.54) is 25.3 Å². The summed E-state index contributed by atoms with van der Waals surface area (Å²) in [5.74, 6) is -0.319. The number of methoxy groups -OCH3 is 1. The van der Waals surface area contributed by atoms with Crippen LogP contribution in [-0.4, -0.2) is 22.6 Å². The second kappa shape index (κ2) is 7.82. The Morgan fingerprint density at radius 2 is 1.93 bits per heavy atom. The molecule has 3 aromatic rings. The number of para-hydroxylation sites is 1. The first-order valence-corrected chi connectivity index (χ1v) is 8.45. The van der Waals surface area contributed by atoms with Crippen LogP contribution in [0.1, 0.15) is 12.8 Å². The van der Waals surface area contributed by atoms with Crippen molar-refractivity contribution in [1.82, 2.24) is 4.57 Å². The first-order valence-electron chi connectivity index (χ1n) is 8.45. The number of fused-ring (bicyclic) bond motifs is 1. The van der Waals surface area contributed by atoms with E-state index in [0.717, 1.165) is 10.9 Å². The summed E-state index contributed by atoms with van der Waals surface area (Å²) in [6.07, 6.45) is 0.705. The molecular weight excluding hydrogens is 348 g/mol. The number of nitro groups is 1. The highest BCUT2D eigenvalue weighted by atomic mass is 16.6. The average molecular weight is 366 g/mol. The van der Waals surface area contributed by atoms with Crippen LogP contribution in [0.15, 0.2) is 59.4 Å². The standard InChI is InChI=1S/C20H18N2O5/c1-27-20(24)10-5-11-21-18-9-3-2-8-16(18)17(13-19(21)23)14-6-4-7-15(12-14)22(25)26/h2-4,6-9,12-13H,5,10-11H2,1H3. The predicted octanol–water partition coefficient (Wildman–Crippen LogP) is 3.53. The van der Waals surface area contributed by atoms with E-state index in [-0.39, 0.29) is 23.6 Å². The molecule has 0 aliphatic carbocycles. The Balaban J connectivity index is 2.08. The largest absolute Gasteiger partial charge is 0.469 e. The Bertz CT molecular complexity index is 1070. The summed E-state index contributed by atoms with van der Waals surface area (Å²) < 4.78 is 6.24. The third-order valence-electron chi connectivity index (χ3n) is 4.38. The Kier molecular flexibility index (Phi) is 5.30. The van der Waals surface area contributed by atoms with Gasteiger partial charge in [-0.15, -0.1) is 0 Å². The zero-order chi connectivity index (χ0) is 19.4. The number of esters is 1. The molecule has 7 nitrogen and oxygen atoms in total. The van der Waals surface area contributed by atoms with Crippen LogP contribution in [0.25, 0.3) is 22.0 Å². The van der Waals surface area contributed by atoms with Gasteiger partial charge in [0, 0.05) is 36.6 Å². The van der Waals surface area contributed by atoms with Crippen molar-refractivity contribution in [2.24, 2.45) is 0 Å². The maximum atomic E-state index is 12.7. The van der Waals surface area contributed by atoms with E-state index in [2.05, 4.69) is 4.74 Å². The van der Waals surface area contributed by atoms with Gasteiger partial charge in [0.15, 0.2) is 0 Å². The highest BCUT2D eigenvalue weighted by Gasteiger charge is 2.13. The lowest BCUT2D eigenvalue weighted by Crippen LogP contribution is -2.20. The number of non-ortho nitro benzene ring substituents is 1. The smallest absolute Gasteiger partial charge is 0.305 e. The van der Waals surface area contributed by atoms with Crippen LogP contribution >= 0.6 is 0 Å². The Hall–Kier alpha value is -3.48. The number of carbonyl (C=O) groups is 1. The molecule has 27 heavy (non-hydrogen) atoms. The number of hydrogen-bond acceptors (Lipinski definition) is 5. The molecule has 0 saturated heterocycles. The van der Waals surface area contributed by atoms with Gasteiger partial charge in [-0.1, -0.05) is 30.3 Å². The summed E-state index contributed by atoms with van der Waals surface area (Å²) in [4.78, 5) is 34.6. The summed E-state index contributed by atoms with van der Waals surface area (Å²) in [5.41, 5.74) is 1.72. The van der Waals surface area contributed by atoms with Gasteiger partial charge in [-0.2, -0.15) is 0 Å². The van der Waals surface area contributed by atoms with Crippen molar-refractivity contribution in [3.8, 4) is 11.1 Å². The van der Waals surface area contributed by atoms with Crippen LogP contribution in [0.5, 0.6) is 0 Å². The summed E-state index contributed by atoms with van der Waals surface area (Å²) in [6.45, 7) is 0.379. The first-order chi connectivity index (χ1) is 13.0. The monoisotopic (exact) mass is 366 g/mol. The summed E-state index contributed by atoms with van der Waals surface area (Å²) >= 11 is 0. The fourth-order valence-corrected chi connectivity index (χ4v) is 3.07. The molecule has 1 heterocycles. The molecular formula is C20H18N2O5.